The first kappa shape index (κ1) is 12.7. The molecule has 0 saturated heterocycles. The molecule has 0 radical (unpaired) electrons. The third kappa shape index (κ3) is 3.65. The predicted octanol–water partition coefficient (Wildman–Crippen LogP) is 0.332. The number of ether oxygens (including phenoxy) is 3. The Labute approximate surface area is 105 Å². The molecule has 1 aliphatic heterocycles. The van der Waals surface area contributed by atoms with Crippen LogP contribution in [0.5, 0.6) is 0 Å². The molecule has 0 aromatic rings. The molecule has 1 heterocycles. The van der Waals surface area contributed by atoms with Gasteiger partial charge in [-0.2, -0.15) is 0 Å². The Morgan fingerprint density at radius 3 is 2.89 bits per heavy atom. The van der Waals surface area contributed by atoms with Gasteiger partial charge in [0.2, 0.25) is 5.76 Å². The van der Waals surface area contributed by atoms with Crippen LogP contribution in [-0.4, -0.2) is 37.7 Å². The first-order chi connectivity index (χ1) is 8.66. The fraction of sp³-hybridized carbons (Fsp3) is 0.667. The molecule has 1 atom stereocenters. The van der Waals surface area contributed by atoms with E-state index >= 15 is 0 Å². The van der Waals surface area contributed by atoms with Crippen molar-refractivity contribution in [2.24, 2.45) is 5.92 Å². The fourth-order valence-corrected chi connectivity index (χ4v) is 1.69. The molecular weight excluding hydrogens is 238 g/mol. The number of esters is 1. The summed E-state index contributed by atoms with van der Waals surface area (Å²) in [6.45, 7) is 2.39. The lowest BCUT2D eigenvalue weighted by molar-refractivity contribution is -0.149. The van der Waals surface area contributed by atoms with Gasteiger partial charge in [-0.1, -0.05) is 0 Å². The molecule has 1 amide bonds. The van der Waals surface area contributed by atoms with Gasteiger partial charge in [-0.15, -0.1) is 0 Å². The van der Waals surface area contributed by atoms with Gasteiger partial charge in [-0.25, -0.2) is 4.79 Å². The van der Waals surface area contributed by atoms with E-state index in [1.54, 1.807) is 0 Å². The van der Waals surface area contributed by atoms with Crippen molar-refractivity contribution >= 4 is 11.9 Å². The molecule has 1 aliphatic carbocycles. The maximum Gasteiger partial charge on any atom is 0.377 e. The number of carbonyl (C=O) groups is 2. The van der Waals surface area contributed by atoms with Crippen molar-refractivity contribution in [2.75, 3.05) is 19.8 Å². The minimum absolute atomic E-state index is 0.00397. The molecule has 0 bridgehead atoms. The third-order valence-corrected chi connectivity index (χ3v) is 2.90. The van der Waals surface area contributed by atoms with Crippen molar-refractivity contribution in [1.29, 1.82) is 0 Å². The number of carbonyl (C=O) groups excluding carboxylic acids is 2. The highest BCUT2D eigenvalue weighted by Crippen LogP contribution is 2.32. The molecule has 2 rings (SSSR count). The molecular formula is C12H17NO5. The van der Waals surface area contributed by atoms with Gasteiger partial charge in [0.25, 0.3) is 5.91 Å². The van der Waals surface area contributed by atoms with E-state index < -0.39 is 5.97 Å². The van der Waals surface area contributed by atoms with Gasteiger partial charge in [-0.3, -0.25) is 4.79 Å². The van der Waals surface area contributed by atoms with Crippen LogP contribution in [0.3, 0.4) is 0 Å². The molecule has 100 valence electrons. The highest BCUT2D eigenvalue weighted by atomic mass is 16.6. The van der Waals surface area contributed by atoms with E-state index in [0.29, 0.717) is 19.1 Å². The van der Waals surface area contributed by atoms with Gasteiger partial charge in [0.15, 0.2) is 6.61 Å². The Morgan fingerprint density at radius 1 is 1.50 bits per heavy atom. The molecule has 1 fully saturated rings. The smallest absolute Gasteiger partial charge is 0.377 e. The second-order valence-corrected chi connectivity index (χ2v) is 4.47. The Morgan fingerprint density at radius 2 is 2.28 bits per heavy atom. The second kappa shape index (κ2) is 5.75. The summed E-state index contributed by atoms with van der Waals surface area (Å²) in [6.07, 6.45) is 3.51. The van der Waals surface area contributed by atoms with E-state index in [1.165, 1.54) is 6.26 Å². The van der Waals surface area contributed by atoms with Gasteiger partial charge in [0, 0.05) is 6.04 Å². The summed E-state index contributed by atoms with van der Waals surface area (Å²) in [5, 5.41) is 2.79. The average Bonchev–Trinajstić information content (AvgIpc) is 3.21. The van der Waals surface area contributed by atoms with Crippen LogP contribution in [0.4, 0.5) is 0 Å². The summed E-state index contributed by atoms with van der Waals surface area (Å²) in [5.41, 5.74) is 0. The molecule has 1 N–H and O–H groups in total. The van der Waals surface area contributed by atoms with Crippen LogP contribution in [0, 0.1) is 5.92 Å². The van der Waals surface area contributed by atoms with E-state index in [4.69, 9.17) is 14.2 Å². The number of rotatable bonds is 5. The van der Waals surface area contributed by atoms with Crippen molar-refractivity contribution in [3.63, 3.8) is 0 Å². The molecule has 0 spiro atoms. The SMILES string of the molecule is C[C@@H](NC(=O)COC(=O)C1=COCCO1)C1CC1. The first-order valence-electron chi connectivity index (χ1n) is 6.08. The fourth-order valence-electron chi connectivity index (χ4n) is 1.69. The number of nitrogens with one attached hydrogen (secondary N) is 1. The number of amides is 1. The Kier molecular flexibility index (Phi) is 4.07. The molecule has 18 heavy (non-hydrogen) atoms. The van der Waals surface area contributed by atoms with Gasteiger partial charge in [0.1, 0.15) is 19.5 Å². The van der Waals surface area contributed by atoms with Crippen LogP contribution < -0.4 is 5.32 Å². The lowest BCUT2D eigenvalue weighted by Crippen LogP contribution is -2.37. The lowest BCUT2D eigenvalue weighted by atomic mass is 10.2. The lowest BCUT2D eigenvalue weighted by Gasteiger charge is -2.15. The molecule has 6 heteroatoms. The van der Waals surface area contributed by atoms with Crippen LogP contribution in [-0.2, 0) is 23.8 Å². The zero-order valence-electron chi connectivity index (χ0n) is 10.3. The van der Waals surface area contributed by atoms with Gasteiger partial charge < -0.3 is 19.5 Å². The van der Waals surface area contributed by atoms with Crippen LogP contribution >= 0.6 is 0 Å². The van der Waals surface area contributed by atoms with Crippen molar-refractivity contribution in [3.8, 4) is 0 Å². The minimum atomic E-state index is -0.677. The van der Waals surface area contributed by atoms with E-state index in [0.717, 1.165) is 12.8 Å². The average molecular weight is 255 g/mol. The monoisotopic (exact) mass is 255 g/mol. The molecule has 2 aliphatic rings. The van der Waals surface area contributed by atoms with E-state index in [-0.39, 0.29) is 24.3 Å². The molecule has 1 saturated carbocycles. The van der Waals surface area contributed by atoms with Crippen LogP contribution in [0.25, 0.3) is 0 Å². The van der Waals surface area contributed by atoms with Gasteiger partial charge in [0.05, 0.1) is 0 Å². The highest BCUT2D eigenvalue weighted by Gasteiger charge is 2.29. The predicted molar refractivity (Wildman–Crippen MR) is 61.3 cm³/mol. The normalized spacial score (nSPS) is 19.9. The van der Waals surface area contributed by atoms with E-state index in [9.17, 15) is 9.59 Å². The molecule has 0 unspecified atom stereocenters. The minimum Gasteiger partial charge on any atom is -0.493 e. The third-order valence-electron chi connectivity index (χ3n) is 2.90. The largest absolute Gasteiger partial charge is 0.493 e. The summed E-state index contributed by atoms with van der Waals surface area (Å²) < 4.78 is 14.8. The van der Waals surface area contributed by atoms with Crippen LogP contribution in [0.15, 0.2) is 12.0 Å². The maximum atomic E-state index is 11.5. The van der Waals surface area contributed by atoms with Crippen molar-refractivity contribution < 1.29 is 23.8 Å². The Hall–Kier alpha value is -1.72. The second-order valence-electron chi connectivity index (χ2n) is 4.47. The summed E-state index contributed by atoms with van der Waals surface area (Å²) in [5.74, 6) is -0.393. The topological polar surface area (TPSA) is 73.9 Å². The van der Waals surface area contributed by atoms with E-state index in [1.807, 2.05) is 6.92 Å². The van der Waals surface area contributed by atoms with Crippen LogP contribution in [0.1, 0.15) is 19.8 Å². The van der Waals surface area contributed by atoms with E-state index in [2.05, 4.69) is 5.32 Å². The summed E-state index contributed by atoms with van der Waals surface area (Å²) in [6, 6.07) is 0.143. The molecule has 0 aromatic heterocycles. The van der Waals surface area contributed by atoms with Crippen molar-refractivity contribution in [2.45, 2.75) is 25.8 Å². The summed E-state index contributed by atoms with van der Waals surface area (Å²) in [4.78, 5) is 23.0. The molecule has 6 nitrogen and oxygen atoms in total. The Balaban J connectivity index is 1.68. The molecule has 0 aromatic carbocycles. The van der Waals surface area contributed by atoms with Crippen molar-refractivity contribution in [1.82, 2.24) is 5.32 Å². The maximum absolute atomic E-state index is 11.5. The number of hydrogen-bond donors (Lipinski definition) is 1. The first-order valence-corrected chi connectivity index (χ1v) is 6.08. The van der Waals surface area contributed by atoms with Crippen molar-refractivity contribution in [3.05, 3.63) is 12.0 Å². The summed E-state index contributed by atoms with van der Waals surface area (Å²) >= 11 is 0. The van der Waals surface area contributed by atoms with Crippen LogP contribution in [0.2, 0.25) is 0 Å². The highest BCUT2D eigenvalue weighted by molar-refractivity contribution is 5.88. The quantitative estimate of drug-likeness (QED) is 0.717. The number of hydrogen-bond acceptors (Lipinski definition) is 5. The standard InChI is InChI=1S/C12H17NO5/c1-8(9-2-3-9)13-11(14)7-18-12(15)10-6-16-4-5-17-10/h6,8-9H,2-5,7H2,1H3,(H,13,14)/t8-/m1/s1. The van der Waals surface area contributed by atoms with Gasteiger partial charge in [-0.05, 0) is 25.7 Å². The summed E-state index contributed by atoms with van der Waals surface area (Å²) in [7, 11) is 0. The zero-order chi connectivity index (χ0) is 13.0. The zero-order valence-corrected chi connectivity index (χ0v) is 10.3. The Bertz CT molecular complexity index is 361. The van der Waals surface area contributed by atoms with Gasteiger partial charge >= 0.3 is 5.97 Å².